The number of rotatable bonds is 8. The minimum atomic E-state index is -0.340. The summed E-state index contributed by atoms with van der Waals surface area (Å²) in [6.07, 6.45) is 0. The van der Waals surface area contributed by atoms with Gasteiger partial charge in [0.1, 0.15) is 18.2 Å². The number of hydrogen-bond acceptors (Lipinski definition) is 4. The summed E-state index contributed by atoms with van der Waals surface area (Å²) >= 11 is 6.07. The molecule has 1 aliphatic heterocycles. The number of piperazine rings is 1. The highest BCUT2D eigenvalue weighted by Gasteiger charge is 2.09. The second-order valence-electron chi connectivity index (χ2n) is 6.40. The van der Waals surface area contributed by atoms with Gasteiger partial charge >= 0.3 is 0 Å². The summed E-state index contributed by atoms with van der Waals surface area (Å²) < 4.78 is 19.1. The van der Waals surface area contributed by atoms with Crippen molar-refractivity contribution in [1.82, 2.24) is 15.5 Å². The summed E-state index contributed by atoms with van der Waals surface area (Å²) in [5.74, 6) is 0.482. The molecule has 0 radical (unpaired) electrons. The van der Waals surface area contributed by atoms with Gasteiger partial charge in [0.2, 0.25) is 0 Å². The Morgan fingerprint density at radius 2 is 1.92 bits per heavy atom. The SMILES string of the molecule is Fc1ccc(COc2ccccc2CNCCN2CCNCC2)c(Cl)c1. The molecule has 0 spiro atoms. The van der Waals surface area contributed by atoms with Crippen molar-refractivity contribution in [2.24, 2.45) is 0 Å². The molecule has 0 amide bonds. The van der Waals surface area contributed by atoms with Crippen LogP contribution in [0.4, 0.5) is 4.39 Å². The van der Waals surface area contributed by atoms with E-state index in [9.17, 15) is 4.39 Å². The highest BCUT2D eigenvalue weighted by Crippen LogP contribution is 2.22. The predicted molar refractivity (Wildman–Crippen MR) is 103 cm³/mol. The zero-order valence-electron chi connectivity index (χ0n) is 14.8. The minimum Gasteiger partial charge on any atom is -0.489 e. The molecule has 1 heterocycles. The van der Waals surface area contributed by atoms with Crippen LogP contribution in [0.1, 0.15) is 11.1 Å². The first-order chi connectivity index (χ1) is 12.7. The number of nitrogens with one attached hydrogen (secondary N) is 2. The topological polar surface area (TPSA) is 36.5 Å². The quantitative estimate of drug-likeness (QED) is 0.693. The highest BCUT2D eigenvalue weighted by molar-refractivity contribution is 6.31. The van der Waals surface area contributed by atoms with Gasteiger partial charge in [-0.15, -0.1) is 0 Å². The Kier molecular flexibility index (Phi) is 7.26. The molecule has 6 heteroatoms. The zero-order chi connectivity index (χ0) is 18.2. The van der Waals surface area contributed by atoms with Crippen molar-refractivity contribution in [3.63, 3.8) is 0 Å². The van der Waals surface area contributed by atoms with Crippen molar-refractivity contribution >= 4 is 11.6 Å². The standard InChI is InChI=1S/C20H25ClFN3O/c21-19-13-18(22)6-5-17(19)15-26-20-4-2-1-3-16(20)14-24-9-12-25-10-7-23-8-11-25/h1-6,13,23-24H,7-12,14-15H2. The first-order valence-corrected chi connectivity index (χ1v) is 9.38. The fourth-order valence-electron chi connectivity index (χ4n) is 2.98. The van der Waals surface area contributed by atoms with Gasteiger partial charge < -0.3 is 15.4 Å². The van der Waals surface area contributed by atoms with Crippen molar-refractivity contribution in [1.29, 1.82) is 0 Å². The molecule has 140 valence electrons. The van der Waals surface area contributed by atoms with E-state index in [0.29, 0.717) is 11.6 Å². The normalized spacial score (nSPS) is 15.2. The van der Waals surface area contributed by atoms with Gasteiger partial charge in [0.15, 0.2) is 0 Å². The van der Waals surface area contributed by atoms with E-state index in [1.165, 1.54) is 12.1 Å². The number of hydrogen-bond donors (Lipinski definition) is 2. The van der Waals surface area contributed by atoms with Gasteiger partial charge in [-0.2, -0.15) is 0 Å². The number of ether oxygens (including phenoxy) is 1. The molecule has 2 N–H and O–H groups in total. The molecule has 26 heavy (non-hydrogen) atoms. The van der Waals surface area contributed by atoms with E-state index in [0.717, 1.165) is 62.7 Å². The van der Waals surface area contributed by atoms with Gasteiger partial charge in [0.25, 0.3) is 0 Å². The zero-order valence-corrected chi connectivity index (χ0v) is 15.6. The van der Waals surface area contributed by atoms with Crippen molar-refractivity contribution in [2.45, 2.75) is 13.2 Å². The van der Waals surface area contributed by atoms with Crippen molar-refractivity contribution < 1.29 is 9.13 Å². The number of para-hydroxylation sites is 1. The van der Waals surface area contributed by atoms with Crippen molar-refractivity contribution in [3.8, 4) is 5.75 Å². The molecule has 4 nitrogen and oxygen atoms in total. The van der Waals surface area contributed by atoms with E-state index < -0.39 is 0 Å². The molecule has 1 aliphatic rings. The third-order valence-corrected chi connectivity index (χ3v) is 4.85. The Morgan fingerprint density at radius 3 is 2.73 bits per heavy atom. The summed E-state index contributed by atoms with van der Waals surface area (Å²) in [4.78, 5) is 2.46. The van der Waals surface area contributed by atoms with E-state index in [1.807, 2.05) is 18.2 Å². The molecule has 3 rings (SSSR count). The maximum atomic E-state index is 13.1. The first kappa shape index (κ1) is 19.1. The lowest BCUT2D eigenvalue weighted by Crippen LogP contribution is -2.45. The van der Waals surface area contributed by atoms with Crippen LogP contribution in [0.25, 0.3) is 0 Å². The summed E-state index contributed by atoms with van der Waals surface area (Å²) in [5, 5.41) is 7.24. The Morgan fingerprint density at radius 1 is 1.12 bits per heavy atom. The van der Waals surface area contributed by atoms with Crippen molar-refractivity contribution in [2.75, 3.05) is 39.3 Å². The van der Waals surface area contributed by atoms with Crippen LogP contribution in [-0.4, -0.2) is 44.2 Å². The van der Waals surface area contributed by atoms with Crippen LogP contribution in [0.2, 0.25) is 5.02 Å². The van der Waals surface area contributed by atoms with Crippen LogP contribution in [0, 0.1) is 5.82 Å². The van der Waals surface area contributed by atoms with Crippen LogP contribution in [-0.2, 0) is 13.2 Å². The van der Waals surface area contributed by atoms with E-state index in [2.05, 4.69) is 21.6 Å². The van der Waals surface area contributed by atoms with E-state index in [1.54, 1.807) is 6.07 Å². The summed E-state index contributed by atoms with van der Waals surface area (Å²) in [6, 6.07) is 12.3. The predicted octanol–water partition coefficient (Wildman–Crippen LogP) is 3.05. The lowest BCUT2D eigenvalue weighted by Gasteiger charge is -2.27. The third kappa shape index (κ3) is 5.68. The van der Waals surface area contributed by atoms with Crippen LogP contribution in [0.15, 0.2) is 42.5 Å². The molecule has 2 aromatic rings. The number of halogens is 2. The average Bonchev–Trinajstić information content (AvgIpc) is 2.66. The van der Waals surface area contributed by atoms with E-state index >= 15 is 0 Å². The molecule has 0 unspecified atom stereocenters. The largest absolute Gasteiger partial charge is 0.489 e. The summed E-state index contributed by atoms with van der Waals surface area (Å²) in [6.45, 7) is 7.43. The summed E-state index contributed by atoms with van der Waals surface area (Å²) in [5.41, 5.74) is 1.88. The molecule has 0 saturated carbocycles. The molecule has 1 fully saturated rings. The van der Waals surface area contributed by atoms with Crippen LogP contribution in [0.5, 0.6) is 5.75 Å². The van der Waals surface area contributed by atoms with Crippen LogP contribution >= 0.6 is 11.6 Å². The molecule has 2 aromatic carbocycles. The molecule has 1 saturated heterocycles. The minimum absolute atomic E-state index is 0.316. The molecular weight excluding hydrogens is 353 g/mol. The Bertz CT molecular complexity index is 707. The van der Waals surface area contributed by atoms with Gasteiger partial charge in [-0.05, 0) is 18.2 Å². The van der Waals surface area contributed by atoms with E-state index in [-0.39, 0.29) is 5.82 Å². The maximum absolute atomic E-state index is 13.1. The second-order valence-corrected chi connectivity index (χ2v) is 6.81. The van der Waals surface area contributed by atoms with E-state index in [4.69, 9.17) is 16.3 Å². The third-order valence-electron chi connectivity index (χ3n) is 4.50. The highest BCUT2D eigenvalue weighted by atomic mass is 35.5. The number of benzene rings is 2. The molecule has 0 atom stereocenters. The fourth-order valence-corrected chi connectivity index (χ4v) is 3.20. The molecular formula is C20H25ClFN3O. The van der Waals surface area contributed by atoms with Crippen LogP contribution < -0.4 is 15.4 Å². The molecule has 0 aromatic heterocycles. The fraction of sp³-hybridized carbons (Fsp3) is 0.400. The second kappa shape index (κ2) is 9.88. The first-order valence-electron chi connectivity index (χ1n) is 9.01. The number of nitrogens with zero attached hydrogens (tertiary/aromatic N) is 1. The van der Waals surface area contributed by atoms with Gasteiger partial charge in [-0.25, -0.2) is 4.39 Å². The Labute approximate surface area is 159 Å². The van der Waals surface area contributed by atoms with Gasteiger partial charge in [0.05, 0.1) is 5.02 Å². The molecule has 0 bridgehead atoms. The van der Waals surface area contributed by atoms with Crippen molar-refractivity contribution in [3.05, 3.63) is 64.4 Å². The molecule has 0 aliphatic carbocycles. The van der Waals surface area contributed by atoms with Gasteiger partial charge in [-0.3, -0.25) is 4.90 Å². The maximum Gasteiger partial charge on any atom is 0.124 e. The lowest BCUT2D eigenvalue weighted by molar-refractivity contribution is 0.240. The van der Waals surface area contributed by atoms with Gasteiger partial charge in [0, 0.05) is 56.9 Å². The Balaban J connectivity index is 1.49. The van der Waals surface area contributed by atoms with Crippen LogP contribution in [0.3, 0.4) is 0 Å². The monoisotopic (exact) mass is 377 g/mol. The average molecular weight is 378 g/mol. The smallest absolute Gasteiger partial charge is 0.124 e. The summed E-state index contributed by atoms with van der Waals surface area (Å²) in [7, 11) is 0. The Hall–Kier alpha value is -1.66. The lowest BCUT2D eigenvalue weighted by atomic mass is 10.2. The van der Waals surface area contributed by atoms with Gasteiger partial charge in [-0.1, -0.05) is 35.9 Å².